The maximum atomic E-state index is 12.2. The average Bonchev–Trinajstić information content (AvgIpc) is 2.71. The van der Waals surface area contributed by atoms with Gasteiger partial charge in [-0.25, -0.2) is 17.9 Å². The van der Waals surface area contributed by atoms with Crippen LogP contribution in [0, 0.1) is 11.3 Å². The Labute approximate surface area is 163 Å². The summed E-state index contributed by atoms with van der Waals surface area (Å²) in [7, 11) is -0.690. The molecule has 9 heteroatoms. The van der Waals surface area contributed by atoms with Crippen LogP contribution in [0.1, 0.15) is 22.3 Å². The Balaban J connectivity index is 2.05. The van der Waals surface area contributed by atoms with E-state index in [1.54, 1.807) is 18.2 Å². The standard InChI is InChI=1S/C19H20N2O6S/c1-25-16-6-9-18(26-2)15(12-16)13-27-19(22)14-4-7-17(8-5-14)28(23,24)21-11-3-10-20/h4-9,12,21H,3,11,13H2,1-2H3. The third kappa shape index (κ3) is 5.45. The van der Waals surface area contributed by atoms with E-state index in [1.165, 1.54) is 38.5 Å². The highest BCUT2D eigenvalue weighted by atomic mass is 32.2. The Bertz CT molecular complexity index is 965. The van der Waals surface area contributed by atoms with Crippen LogP contribution in [0.3, 0.4) is 0 Å². The molecule has 1 N–H and O–H groups in total. The van der Waals surface area contributed by atoms with Gasteiger partial charge in [-0.1, -0.05) is 0 Å². The lowest BCUT2D eigenvalue weighted by atomic mass is 10.2. The molecular weight excluding hydrogens is 384 g/mol. The minimum absolute atomic E-state index is 0.00328. The van der Waals surface area contributed by atoms with E-state index in [1.807, 2.05) is 6.07 Å². The smallest absolute Gasteiger partial charge is 0.338 e. The molecule has 0 atom stereocenters. The van der Waals surface area contributed by atoms with Crippen LogP contribution in [-0.4, -0.2) is 35.2 Å². The van der Waals surface area contributed by atoms with Gasteiger partial charge in [0, 0.05) is 18.5 Å². The van der Waals surface area contributed by atoms with Gasteiger partial charge >= 0.3 is 5.97 Å². The summed E-state index contributed by atoms with van der Waals surface area (Å²) >= 11 is 0. The SMILES string of the molecule is COc1ccc(OC)c(COC(=O)c2ccc(S(=O)(=O)NCCC#N)cc2)c1. The number of rotatable bonds is 9. The molecule has 2 aromatic rings. The number of nitriles is 1. The predicted molar refractivity (Wildman–Crippen MR) is 101 cm³/mol. The predicted octanol–water partition coefficient (Wildman–Crippen LogP) is 2.25. The normalized spacial score (nSPS) is 10.8. The second kappa shape index (κ2) is 9.73. The van der Waals surface area contributed by atoms with E-state index in [0.717, 1.165) is 0 Å². The van der Waals surface area contributed by atoms with Gasteiger partial charge < -0.3 is 14.2 Å². The van der Waals surface area contributed by atoms with Crippen molar-refractivity contribution in [3.8, 4) is 17.6 Å². The van der Waals surface area contributed by atoms with Gasteiger partial charge in [0.25, 0.3) is 0 Å². The maximum absolute atomic E-state index is 12.2. The molecule has 0 fully saturated rings. The fraction of sp³-hybridized carbons (Fsp3) is 0.263. The molecule has 0 spiro atoms. The van der Waals surface area contributed by atoms with Gasteiger partial charge in [-0.2, -0.15) is 5.26 Å². The summed E-state index contributed by atoms with van der Waals surface area (Å²) in [6.07, 6.45) is 0.0668. The first kappa shape index (κ1) is 21.2. The summed E-state index contributed by atoms with van der Waals surface area (Å²) in [5.41, 5.74) is 0.842. The topological polar surface area (TPSA) is 115 Å². The molecule has 148 valence electrons. The minimum Gasteiger partial charge on any atom is -0.497 e. The summed E-state index contributed by atoms with van der Waals surface area (Å²) in [6, 6.07) is 12.3. The molecule has 8 nitrogen and oxygen atoms in total. The van der Waals surface area contributed by atoms with E-state index < -0.39 is 16.0 Å². The molecule has 0 aliphatic carbocycles. The van der Waals surface area contributed by atoms with Crippen LogP contribution >= 0.6 is 0 Å². The molecule has 0 aliphatic heterocycles. The number of esters is 1. The van der Waals surface area contributed by atoms with E-state index in [2.05, 4.69) is 4.72 Å². The second-order valence-corrected chi connectivity index (χ2v) is 7.35. The van der Waals surface area contributed by atoms with E-state index in [9.17, 15) is 13.2 Å². The Hall–Kier alpha value is -3.09. The molecule has 28 heavy (non-hydrogen) atoms. The third-order valence-electron chi connectivity index (χ3n) is 3.78. The van der Waals surface area contributed by atoms with Crippen LogP contribution in [0.15, 0.2) is 47.4 Å². The number of nitrogens with one attached hydrogen (secondary N) is 1. The Morgan fingerprint density at radius 1 is 1.11 bits per heavy atom. The lowest BCUT2D eigenvalue weighted by molar-refractivity contribution is 0.0469. The summed E-state index contributed by atoms with van der Waals surface area (Å²) in [5.74, 6) is 0.551. The highest BCUT2D eigenvalue weighted by molar-refractivity contribution is 7.89. The Morgan fingerprint density at radius 3 is 2.43 bits per heavy atom. The number of carbonyl (C=O) groups is 1. The molecule has 0 radical (unpaired) electrons. The number of nitrogens with zero attached hydrogens (tertiary/aromatic N) is 1. The quantitative estimate of drug-likeness (QED) is 0.503. The number of benzene rings is 2. The van der Waals surface area contributed by atoms with Gasteiger partial charge in [0.1, 0.15) is 18.1 Å². The van der Waals surface area contributed by atoms with Gasteiger partial charge in [0.05, 0.1) is 30.7 Å². The van der Waals surface area contributed by atoms with Crippen LogP contribution < -0.4 is 14.2 Å². The number of methoxy groups -OCH3 is 2. The maximum Gasteiger partial charge on any atom is 0.338 e. The highest BCUT2D eigenvalue weighted by Gasteiger charge is 2.15. The minimum atomic E-state index is -3.73. The largest absolute Gasteiger partial charge is 0.497 e. The van der Waals surface area contributed by atoms with E-state index in [4.69, 9.17) is 19.5 Å². The second-order valence-electron chi connectivity index (χ2n) is 5.58. The molecule has 0 aliphatic rings. The van der Waals surface area contributed by atoms with Crippen LogP contribution in [0.5, 0.6) is 11.5 Å². The van der Waals surface area contributed by atoms with E-state index in [-0.39, 0.29) is 30.0 Å². The third-order valence-corrected chi connectivity index (χ3v) is 5.25. The number of hydrogen-bond acceptors (Lipinski definition) is 7. The first-order valence-electron chi connectivity index (χ1n) is 8.26. The lowest BCUT2D eigenvalue weighted by Crippen LogP contribution is -2.24. The van der Waals surface area contributed by atoms with Gasteiger partial charge in [-0.15, -0.1) is 0 Å². The van der Waals surface area contributed by atoms with Crippen molar-refractivity contribution in [3.05, 3.63) is 53.6 Å². The summed E-state index contributed by atoms with van der Waals surface area (Å²) in [5, 5.41) is 8.48. The summed E-state index contributed by atoms with van der Waals surface area (Å²) < 4.78 is 42.1. The van der Waals surface area contributed by atoms with Crippen molar-refractivity contribution in [2.45, 2.75) is 17.9 Å². The van der Waals surface area contributed by atoms with Crippen LogP contribution in [0.4, 0.5) is 0 Å². The van der Waals surface area contributed by atoms with Crippen molar-refractivity contribution in [2.24, 2.45) is 0 Å². The van der Waals surface area contributed by atoms with Crippen LogP contribution in [0.25, 0.3) is 0 Å². The summed E-state index contributed by atoms with van der Waals surface area (Å²) in [6.45, 7) is -0.0139. The molecule has 0 unspecified atom stereocenters. The molecule has 0 saturated carbocycles. The number of carbonyl (C=O) groups excluding carboxylic acids is 1. The monoisotopic (exact) mass is 404 g/mol. The lowest BCUT2D eigenvalue weighted by Gasteiger charge is -2.11. The van der Waals surface area contributed by atoms with Crippen molar-refractivity contribution in [1.82, 2.24) is 4.72 Å². The zero-order valence-electron chi connectivity index (χ0n) is 15.5. The van der Waals surface area contributed by atoms with E-state index in [0.29, 0.717) is 17.1 Å². The molecule has 2 aromatic carbocycles. The van der Waals surface area contributed by atoms with Gasteiger partial charge in [-0.05, 0) is 42.5 Å². The number of hydrogen-bond donors (Lipinski definition) is 1. The van der Waals surface area contributed by atoms with Gasteiger partial charge in [0.15, 0.2) is 0 Å². The van der Waals surface area contributed by atoms with Crippen molar-refractivity contribution in [3.63, 3.8) is 0 Å². The van der Waals surface area contributed by atoms with Crippen molar-refractivity contribution in [1.29, 1.82) is 5.26 Å². The molecule has 0 bridgehead atoms. The van der Waals surface area contributed by atoms with Crippen molar-refractivity contribution < 1.29 is 27.4 Å². The van der Waals surface area contributed by atoms with Crippen molar-refractivity contribution >= 4 is 16.0 Å². The molecule has 0 saturated heterocycles. The molecule has 0 amide bonds. The van der Waals surface area contributed by atoms with Crippen LogP contribution in [0.2, 0.25) is 0 Å². The Kier molecular flexibility index (Phi) is 7.37. The zero-order valence-corrected chi connectivity index (χ0v) is 16.3. The highest BCUT2D eigenvalue weighted by Crippen LogP contribution is 2.25. The van der Waals surface area contributed by atoms with Gasteiger partial charge in [-0.3, -0.25) is 0 Å². The van der Waals surface area contributed by atoms with Crippen LogP contribution in [-0.2, 0) is 21.4 Å². The van der Waals surface area contributed by atoms with E-state index >= 15 is 0 Å². The van der Waals surface area contributed by atoms with Gasteiger partial charge in [0.2, 0.25) is 10.0 Å². The average molecular weight is 404 g/mol. The molecule has 0 heterocycles. The first-order valence-corrected chi connectivity index (χ1v) is 9.74. The van der Waals surface area contributed by atoms with Crippen molar-refractivity contribution in [2.75, 3.05) is 20.8 Å². The molecule has 0 aromatic heterocycles. The summed E-state index contributed by atoms with van der Waals surface area (Å²) in [4.78, 5) is 12.2. The Morgan fingerprint density at radius 2 is 1.82 bits per heavy atom. The zero-order chi connectivity index (χ0) is 20.6. The number of ether oxygens (including phenoxy) is 3. The molecule has 2 rings (SSSR count). The number of sulfonamides is 1. The molecular formula is C19H20N2O6S. The fourth-order valence-electron chi connectivity index (χ4n) is 2.32. The fourth-order valence-corrected chi connectivity index (χ4v) is 3.35. The first-order chi connectivity index (χ1) is 13.4.